The third kappa shape index (κ3) is 4.77. The van der Waals surface area contributed by atoms with Gasteiger partial charge in [-0.05, 0) is 29.8 Å². The van der Waals surface area contributed by atoms with Crippen molar-refractivity contribution in [2.24, 2.45) is 4.99 Å². The minimum absolute atomic E-state index is 0.0508. The van der Waals surface area contributed by atoms with Crippen LogP contribution in [-0.4, -0.2) is 30.8 Å². The second-order valence-corrected chi connectivity index (χ2v) is 7.79. The summed E-state index contributed by atoms with van der Waals surface area (Å²) in [6, 6.07) is 12.3. The average molecular weight is 324 g/mol. The maximum absolute atomic E-state index is 11.6. The van der Waals surface area contributed by atoms with Crippen LogP contribution in [0.5, 0.6) is 0 Å². The van der Waals surface area contributed by atoms with Crippen LogP contribution in [-0.2, 0) is 6.42 Å². The molecular weight excluding hydrogens is 308 g/mol. The fraction of sp³-hybridized carbons (Fsp3) is 0.286. The molecule has 2 aromatic rings. The van der Waals surface area contributed by atoms with Gasteiger partial charge < -0.3 is 4.90 Å². The van der Waals surface area contributed by atoms with E-state index in [1.165, 1.54) is 17.3 Å². The fourth-order valence-corrected chi connectivity index (χ4v) is 4.69. The first kappa shape index (κ1) is 15.3. The number of benzene rings is 1. The van der Waals surface area contributed by atoms with E-state index in [0.29, 0.717) is 0 Å². The van der Waals surface area contributed by atoms with Gasteiger partial charge in [0.15, 0.2) is 0 Å². The van der Waals surface area contributed by atoms with Crippen LogP contribution < -0.4 is 4.67 Å². The van der Waals surface area contributed by atoms with E-state index in [-0.39, 0.29) is 5.24 Å². The Hall–Kier alpha value is -1.11. The standard InChI is InChI=1S/C14H16N2OS3/c1-16(2)14(17)18-13-10-12(19-20-13)15-9-8-11-6-4-3-5-7-11/h3-7,10H,8-9H2,1-2H3. The van der Waals surface area contributed by atoms with E-state index in [0.717, 1.165) is 21.8 Å². The van der Waals surface area contributed by atoms with Crippen molar-refractivity contribution in [2.45, 2.75) is 10.6 Å². The lowest BCUT2D eigenvalue weighted by Crippen LogP contribution is -2.15. The normalized spacial score (nSPS) is 11.6. The van der Waals surface area contributed by atoms with Gasteiger partial charge >= 0.3 is 0 Å². The molecule has 20 heavy (non-hydrogen) atoms. The maximum atomic E-state index is 11.6. The molecule has 6 heteroatoms. The second kappa shape index (κ2) is 7.61. The van der Waals surface area contributed by atoms with E-state index in [1.807, 2.05) is 24.3 Å². The number of carbonyl (C=O) groups is 1. The Bertz CT molecular complexity index is 617. The van der Waals surface area contributed by atoms with E-state index >= 15 is 0 Å². The van der Waals surface area contributed by atoms with Crippen LogP contribution in [0.2, 0.25) is 0 Å². The monoisotopic (exact) mass is 324 g/mol. The molecule has 3 nitrogen and oxygen atoms in total. The summed E-state index contributed by atoms with van der Waals surface area (Å²) >= 11 is 1.26. The largest absolute Gasteiger partial charge is 0.339 e. The first-order valence-corrected chi connectivity index (χ1v) is 9.15. The molecule has 1 heterocycles. The van der Waals surface area contributed by atoms with Gasteiger partial charge in [-0.3, -0.25) is 9.79 Å². The molecule has 0 bridgehead atoms. The number of hydrogen-bond donors (Lipinski definition) is 0. The van der Waals surface area contributed by atoms with Crippen molar-refractivity contribution in [3.63, 3.8) is 0 Å². The van der Waals surface area contributed by atoms with Gasteiger partial charge in [-0.25, -0.2) is 0 Å². The first-order chi connectivity index (χ1) is 9.65. The molecule has 1 aromatic carbocycles. The van der Waals surface area contributed by atoms with Gasteiger partial charge in [0.2, 0.25) is 0 Å². The Morgan fingerprint density at radius 3 is 2.70 bits per heavy atom. The van der Waals surface area contributed by atoms with Gasteiger partial charge in [0.05, 0.1) is 4.21 Å². The van der Waals surface area contributed by atoms with Crippen molar-refractivity contribution < 1.29 is 4.79 Å². The topological polar surface area (TPSA) is 32.7 Å². The molecule has 1 aromatic heterocycles. The lowest BCUT2D eigenvalue weighted by molar-refractivity contribution is 0.241. The van der Waals surface area contributed by atoms with Crippen LogP contribution in [0.4, 0.5) is 4.79 Å². The van der Waals surface area contributed by atoms with Crippen LogP contribution in [0.25, 0.3) is 0 Å². The van der Waals surface area contributed by atoms with E-state index < -0.39 is 0 Å². The number of amides is 1. The Morgan fingerprint density at radius 1 is 1.25 bits per heavy atom. The van der Waals surface area contributed by atoms with Gasteiger partial charge in [0.1, 0.15) is 4.67 Å². The molecule has 0 aliphatic rings. The van der Waals surface area contributed by atoms with Crippen molar-refractivity contribution in [1.29, 1.82) is 0 Å². The summed E-state index contributed by atoms with van der Waals surface area (Å²) in [5, 5.41) is 0.0508. The van der Waals surface area contributed by atoms with Crippen molar-refractivity contribution in [1.82, 2.24) is 4.90 Å². The lowest BCUT2D eigenvalue weighted by atomic mass is 10.2. The molecule has 0 unspecified atom stereocenters. The molecule has 2 rings (SSSR count). The molecule has 0 radical (unpaired) electrons. The van der Waals surface area contributed by atoms with Crippen molar-refractivity contribution >= 4 is 37.7 Å². The molecule has 0 N–H and O–H groups in total. The summed E-state index contributed by atoms with van der Waals surface area (Å²) < 4.78 is 2.01. The number of carbonyl (C=O) groups excluding carboxylic acids is 1. The minimum Gasteiger partial charge on any atom is -0.339 e. The van der Waals surface area contributed by atoms with Gasteiger partial charge in [-0.15, -0.1) is 0 Å². The Labute approximate surface area is 130 Å². The summed E-state index contributed by atoms with van der Waals surface area (Å²) in [5.41, 5.74) is 1.30. The van der Waals surface area contributed by atoms with E-state index in [4.69, 9.17) is 0 Å². The summed E-state index contributed by atoms with van der Waals surface area (Å²) in [7, 11) is 6.75. The van der Waals surface area contributed by atoms with Crippen LogP contribution in [0.1, 0.15) is 5.56 Å². The molecule has 0 saturated carbocycles. The van der Waals surface area contributed by atoms with Gasteiger partial charge in [0.25, 0.3) is 5.24 Å². The van der Waals surface area contributed by atoms with Crippen LogP contribution >= 0.6 is 32.4 Å². The highest BCUT2D eigenvalue weighted by Crippen LogP contribution is 2.25. The predicted octanol–water partition coefficient (Wildman–Crippen LogP) is 3.73. The zero-order chi connectivity index (χ0) is 14.4. The number of rotatable bonds is 4. The second-order valence-electron chi connectivity index (χ2n) is 4.35. The molecule has 106 valence electrons. The summed E-state index contributed by atoms with van der Waals surface area (Å²) in [6.45, 7) is 0.781. The SMILES string of the molecule is CN(C)C(=O)Sc1cc(=NCCc2ccccc2)ss1. The zero-order valence-electron chi connectivity index (χ0n) is 11.4. The van der Waals surface area contributed by atoms with Crippen molar-refractivity contribution in [3.8, 4) is 0 Å². The molecule has 0 aliphatic heterocycles. The predicted molar refractivity (Wildman–Crippen MR) is 87.7 cm³/mol. The highest BCUT2D eigenvalue weighted by Gasteiger charge is 2.08. The summed E-state index contributed by atoms with van der Waals surface area (Å²) in [4.78, 5) is 17.7. The van der Waals surface area contributed by atoms with Crippen LogP contribution in [0.3, 0.4) is 0 Å². The zero-order valence-corrected chi connectivity index (χ0v) is 13.9. The van der Waals surface area contributed by atoms with Gasteiger partial charge in [-0.1, -0.05) is 51.0 Å². The highest BCUT2D eigenvalue weighted by molar-refractivity contribution is 8.15. The number of nitrogens with zero attached hydrogens (tertiary/aromatic N) is 2. The van der Waals surface area contributed by atoms with E-state index in [9.17, 15) is 4.79 Å². The average Bonchev–Trinajstić information content (AvgIpc) is 2.87. The lowest BCUT2D eigenvalue weighted by Gasteiger charge is -2.06. The van der Waals surface area contributed by atoms with Crippen LogP contribution in [0.15, 0.2) is 45.6 Å². The quantitative estimate of drug-likeness (QED) is 0.634. The summed E-state index contributed by atoms with van der Waals surface area (Å²) in [6.07, 6.45) is 0.947. The Balaban J connectivity index is 1.91. The van der Waals surface area contributed by atoms with Crippen LogP contribution in [0, 0.1) is 0 Å². The van der Waals surface area contributed by atoms with E-state index in [1.54, 1.807) is 39.7 Å². The minimum atomic E-state index is 0.0508. The Kier molecular flexibility index (Phi) is 5.82. The Morgan fingerprint density at radius 2 is 2.00 bits per heavy atom. The van der Waals surface area contributed by atoms with E-state index in [2.05, 4.69) is 17.1 Å². The van der Waals surface area contributed by atoms with Gasteiger partial charge in [-0.2, -0.15) is 0 Å². The van der Waals surface area contributed by atoms with Gasteiger partial charge in [0, 0.05) is 20.6 Å². The molecule has 1 amide bonds. The summed E-state index contributed by atoms with van der Waals surface area (Å²) in [5.74, 6) is 0. The number of hydrogen-bond acceptors (Lipinski definition) is 5. The molecule has 0 atom stereocenters. The highest BCUT2D eigenvalue weighted by atomic mass is 32.9. The third-order valence-corrected chi connectivity index (χ3v) is 6.27. The first-order valence-electron chi connectivity index (χ1n) is 6.19. The van der Waals surface area contributed by atoms with Crippen molar-refractivity contribution in [2.75, 3.05) is 20.6 Å². The smallest absolute Gasteiger partial charge is 0.286 e. The fourth-order valence-electron chi connectivity index (χ4n) is 1.47. The molecule has 0 spiro atoms. The number of thioether (sulfide) groups is 1. The maximum Gasteiger partial charge on any atom is 0.286 e. The third-order valence-electron chi connectivity index (χ3n) is 2.51. The molecule has 0 aliphatic carbocycles. The molecule has 0 saturated heterocycles. The van der Waals surface area contributed by atoms with Crippen molar-refractivity contribution in [3.05, 3.63) is 46.6 Å². The molecular formula is C14H16N2OS3. The molecule has 0 fully saturated rings.